The molecule has 1 aromatic heterocycles. The summed E-state index contributed by atoms with van der Waals surface area (Å²) >= 11 is 4.69. The van der Waals surface area contributed by atoms with E-state index in [0.717, 1.165) is 29.3 Å². The van der Waals surface area contributed by atoms with Crippen LogP contribution in [-0.2, 0) is 11.2 Å². The van der Waals surface area contributed by atoms with Gasteiger partial charge in [0.05, 0.1) is 11.3 Å². The second-order valence-corrected chi connectivity index (χ2v) is 9.00. The average molecular weight is 458 g/mol. The molecular formula is C21H20BrN3O2S. The summed E-state index contributed by atoms with van der Waals surface area (Å²) in [6.45, 7) is 1.86. The third kappa shape index (κ3) is 4.31. The van der Waals surface area contributed by atoms with Gasteiger partial charge in [0, 0.05) is 10.0 Å². The van der Waals surface area contributed by atoms with Crippen LogP contribution in [-0.4, -0.2) is 21.4 Å². The highest BCUT2D eigenvalue weighted by Crippen LogP contribution is 2.31. The fraction of sp³-hybridized carbons (Fsp3) is 0.286. The minimum Gasteiger partial charge on any atom is -0.411 e. The molecule has 3 aromatic rings. The van der Waals surface area contributed by atoms with E-state index in [1.54, 1.807) is 0 Å². The predicted molar refractivity (Wildman–Crippen MR) is 113 cm³/mol. The van der Waals surface area contributed by atoms with Crippen molar-refractivity contribution in [3.05, 3.63) is 64.1 Å². The minimum atomic E-state index is -0.327. The summed E-state index contributed by atoms with van der Waals surface area (Å²) in [4.78, 5) is 12.7. The lowest BCUT2D eigenvalue weighted by Crippen LogP contribution is -2.35. The Morgan fingerprint density at radius 3 is 2.82 bits per heavy atom. The number of aromatic nitrogens is 2. The molecule has 1 amide bonds. The largest absolute Gasteiger partial charge is 0.411 e. The van der Waals surface area contributed by atoms with Gasteiger partial charge >= 0.3 is 0 Å². The van der Waals surface area contributed by atoms with E-state index in [9.17, 15) is 4.79 Å². The Morgan fingerprint density at radius 1 is 1.21 bits per heavy atom. The maximum absolute atomic E-state index is 12.7. The number of carbonyl (C=O) groups is 1. The lowest BCUT2D eigenvalue weighted by molar-refractivity contribution is -0.121. The number of fused-ring (bicyclic) bond motifs is 1. The van der Waals surface area contributed by atoms with Crippen molar-refractivity contribution in [2.75, 3.05) is 0 Å². The Balaban J connectivity index is 1.40. The molecule has 1 aliphatic carbocycles. The van der Waals surface area contributed by atoms with E-state index in [2.05, 4.69) is 49.6 Å². The van der Waals surface area contributed by atoms with Gasteiger partial charge in [0.25, 0.3) is 5.22 Å². The smallest absolute Gasteiger partial charge is 0.277 e. The van der Waals surface area contributed by atoms with E-state index >= 15 is 0 Å². The van der Waals surface area contributed by atoms with Gasteiger partial charge in [0.15, 0.2) is 0 Å². The molecule has 2 atom stereocenters. The first kappa shape index (κ1) is 19.2. The number of benzene rings is 2. The number of hydrogen-bond acceptors (Lipinski definition) is 5. The van der Waals surface area contributed by atoms with Crippen LogP contribution in [0.25, 0.3) is 11.5 Å². The first-order valence-corrected chi connectivity index (χ1v) is 10.9. The van der Waals surface area contributed by atoms with Gasteiger partial charge in [0.1, 0.15) is 0 Å². The Kier molecular flexibility index (Phi) is 5.82. The molecule has 144 valence electrons. The first-order chi connectivity index (χ1) is 13.6. The summed E-state index contributed by atoms with van der Waals surface area (Å²) < 4.78 is 6.71. The predicted octanol–water partition coefficient (Wildman–Crippen LogP) is 5.17. The Bertz CT molecular complexity index is 974. The van der Waals surface area contributed by atoms with E-state index in [4.69, 9.17) is 4.42 Å². The minimum absolute atomic E-state index is 0.0184. The highest BCUT2D eigenvalue weighted by molar-refractivity contribution is 9.10. The van der Waals surface area contributed by atoms with Gasteiger partial charge in [-0.25, -0.2) is 0 Å². The van der Waals surface area contributed by atoms with Crippen LogP contribution in [0, 0.1) is 0 Å². The first-order valence-electron chi connectivity index (χ1n) is 9.24. The number of thioether (sulfide) groups is 1. The van der Waals surface area contributed by atoms with Crippen molar-refractivity contribution < 1.29 is 9.21 Å². The van der Waals surface area contributed by atoms with Crippen LogP contribution in [0.1, 0.15) is 36.9 Å². The molecule has 1 heterocycles. The van der Waals surface area contributed by atoms with E-state index in [-0.39, 0.29) is 17.2 Å². The van der Waals surface area contributed by atoms with Gasteiger partial charge in [-0.05, 0) is 61.6 Å². The molecule has 1 N–H and O–H groups in total. The van der Waals surface area contributed by atoms with Crippen LogP contribution in [0.5, 0.6) is 0 Å². The zero-order chi connectivity index (χ0) is 19.5. The Morgan fingerprint density at radius 2 is 2.00 bits per heavy atom. The highest BCUT2D eigenvalue weighted by atomic mass is 79.9. The summed E-state index contributed by atoms with van der Waals surface area (Å²) in [6, 6.07) is 16.1. The fourth-order valence-electron chi connectivity index (χ4n) is 3.36. The van der Waals surface area contributed by atoms with E-state index in [0.29, 0.717) is 11.1 Å². The number of rotatable bonds is 5. The van der Waals surface area contributed by atoms with Crippen LogP contribution in [0.4, 0.5) is 0 Å². The Hall–Kier alpha value is -2.12. The summed E-state index contributed by atoms with van der Waals surface area (Å²) in [5.74, 6) is 0.430. The fourth-order valence-corrected chi connectivity index (χ4v) is 4.32. The van der Waals surface area contributed by atoms with Crippen LogP contribution in [0.15, 0.2) is 62.6 Å². The monoisotopic (exact) mass is 457 g/mol. The van der Waals surface area contributed by atoms with Gasteiger partial charge in [-0.1, -0.05) is 52.0 Å². The molecule has 0 saturated carbocycles. The standard InChI is InChI=1S/C21H20BrN3O2S/c1-13(19(26)23-18-8-4-6-14-5-2-3-7-17(14)18)28-21-25-24-20(27-21)15-9-11-16(22)12-10-15/h2-3,5,7,9-13,18H,4,6,8H2,1H3,(H,23,26). The molecule has 5 nitrogen and oxygen atoms in total. The second kappa shape index (κ2) is 8.49. The number of amides is 1. The third-order valence-corrected chi connectivity index (χ3v) is 6.29. The molecule has 0 spiro atoms. The number of nitrogens with one attached hydrogen (secondary N) is 1. The quantitative estimate of drug-likeness (QED) is 0.534. The summed E-state index contributed by atoms with van der Waals surface area (Å²) in [5, 5.41) is 11.4. The van der Waals surface area contributed by atoms with Crippen molar-refractivity contribution in [2.24, 2.45) is 0 Å². The average Bonchev–Trinajstić information content (AvgIpc) is 3.17. The summed E-state index contributed by atoms with van der Waals surface area (Å²) in [7, 11) is 0. The van der Waals surface area contributed by atoms with E-state index in [1.807, 2.05) is 37.3 Å². The van der Waals surface area contributed by atoms with Crippen molar-refractivity contribution >= 4 is 33.6 Å². The molecule has 0 fully saturated rings. The normalized spacial score (nSPS) is 17.0. The lowest BCUT2D eigenvalue weighted by Gasteiger charge is -2.27. The van der Waals surface area contributed by atoms with Gasteiger partial charge < -0.3 is 9.73 Å². The second-order valence-electron chi connectivity index (χ2n) is 6.79. The maximum atomic E-state index is 12.7. The van der Waals surface area contributed by atoms with E-state index < -0.39 is 0 Å². The topological polar surface area (TPSA) is 68.0 Å². The number of aryl methyl sites for hydroxylation is 1. The third-order valence-electron chi connectivity index (χ3n) is 4.83. The summed E-state index contributed by atoms with van der Waals surface area (Å²) in [6.07, 6.45) is 3.13. The zero-order valence-corrected chi connectivity index (χ0v) is 17.8. The van der Waals surface area contributed by atoms with Gasteiger partial charge in [0.2, 0.25) is 11.8 Å². The molecule has 0 radical (unpaired) electrons. The van der Waals surface area contributed by atoms with Crippen molar-refractivity contribution in [1.82, 2.24) is 15.5 Å². The van der Waals surface area contributed by atoms with Gasteiger partial charge in [-0.15, -0.1) is 10.2 Å². The molecule has 7 heteroatoms. The number of nitrogens with zero attached hydrogens (tertiary/aromatic N) is 2. The van der Waals surface area contributed by atoms with Crippen molar-refractivity contribution in [3.8, 4) is 11.5 Å². The molecule has 0 saturated heterocycles. The molecule has 4 rings (SSSR count). The van der Waals surface area contributed by atoms with Crippen LogP contribution in [0.3, 0.4) is 0 Å². The SMILES string of the molecule is CC(Sc1nnc(-c2ccc(Br)cc2)o1)C(=O)NC1CCCc2ccccc21. The molecule has 0 aliphatic heterocycles. The van der Waals surface area contributed by atoms with Crippen molar-refractivity contribution in [3.63, 3.8) is 0 Å². The molecule has 2 aromatic carbocycles. The van der Waals surface area contributed by atoms with Crippen molar-refractivity contribution in [2.45, 2.75) is 42.7 Å². The molecule has 2 unspecified atom stereocenters. The van der Waals surface area contributed by atoms with Crippen LogP contribution >= 0.6 is 27.7 Å². The highest BCUT2D eigenvalue weighted by Gasteiger charge is 2.25. The Labute approximate surface area is 176 Å². The van der Waals surface area contributed by atoms with Crippen LogP contribution in [0.2, 0.25) is 0 Å². The zero-order valence-electron chi connectivity index (χ0n) is 15.4. The van der Waals surface area contributed by atoms with Gasteiger partial charge in [-0.3, -0.25) is 4.79 Å². The summed E-state index contributed by atoms with van der Waals surface area (Å²) in [5.41, 5.74) is 3.41. The number of carbonyl (C=O) groups excluding carboxylic acids is 1. The molecule has 0 bridgehead atoms. The lowest BCUT2D eigenvalue weighted by atomic mass is 9.88. The van der Waals surface area contributed by atoms with E-state index in [1.165, 1.54) is 22.9 Å². The molecule has 1 aliphatic rings. The van der Waals surface area contributed by atoms with Gasteiger partial charge in [-0.2, -0.15) is 0 Å². The van der Waals surface area contributed by atoms with Crippen LogP contribution < -0.4 is 5.32 Å². The molecular weight excluding hydrogens is 438 g/mol. The molecule has 28 heavy (non-hydrogen) atoms. The number of halogens is 1. The van der Waals surface area contributed by atoms with Crippen molar-refractivity contribution in [1.29, 1.82) is 0 Å². The number of hydrogen-bond donors (Lipinski definition) is 1. The maximum Gasteiger partial charge on any atom is 0.277 e.